The van der Waals surface area contributed by atoms with Crippen molar-refractivity contribution in [3.05, 3.63) is 447 Å². The smallest absolute Gasteiger partial charge is 0.343 e. The Labute approximate surface area is 743 Å². The maximum absolute atomic E-state index is 16.1. The largest absolute Gasteiger partial charge is 0.478 e. The van der Waals surface area contributed by atoms with E-state index in [2.05, 4.69) is 0 Å². The topological polar surface area (TPSA) is 261 Å². The highest BCUT2D eigenvalue weighted by Gasteiger charge is 2.54. The number of aromatic carboxylic acids is 1. The summed E-state index contributed by atoms with van der Waals surface area (Å²) in [6.07, 6.45) is 4.82. The normalized spacial score (nSPS) is 15.4. The molecule has 5 heterocycles. The van der Waals surface area contributed by atoms with E-state index in [0.29, 0.717) is 55.6 Å². The summed E-state index contributed by atoms with van der Waals surface area (Å²) in [6, 6.07) is 103. The number of hydrogen-bond acceptors (Lipinski definition) is 21. The number of carboxylic acids is 1. The van der Waals surface area contributed by atoms with E-state index >= 15 is 19.2 Å². The Morgan fingerprint density at radius 1 is 0.238 bits per heavy atom. The van der Waals surface area contributed by atoms with E-state index in [1.165, 1.54) is 54.6 Å². The number of carboxylic acid groups (broad SMARTS) is 1. The van der Waals surface area contributed by atoms with Crippen molar-refractivity contribution in [1.29, 1.82) is 0 Å². The minimum atomic E-state index is -1.84. The molecular weight excluding hydrogens is 1650 g/mol. The number of fused-ring (bicyclic) bond motifs is 5. The van der Waals surface area contributed by atoms with Crippen LogP contribution in [-0.4, -0.2) is 40.9 Å². The number of esters is 5. The van der Waals surface area contributed by atoms with Crippen LogP contribution in [-0.2, 0) is 33.7 Å². The number of ether oxygens (including phenoxy) is 15. The molecule has 15 aromatic rings. The summed E-state index contributed by atoms with van der Waals surface area (Å²) in [5, 5.41) is 10.6. The summed E-state index contributed by atoms with van der Waals surface area (Å²) < 4.78 is 102. The molecule has 130 heavy (non-hydrogen) atoms. The fourth-order valence-corrected chi connectivity index (χ4v) is 17.4. The van der Waals surface area contributed by atoms with Gasteiger partial charge < -0.3 is 76.2 Å². The number of benzene rings is 15. The summed E-state index contributed by atoms with van der Waals surface area (Å²) in [5.41, 5.74) is 3.71. The van der Waals surface area contributed by atoms with Crippen LogP contribution in [0.5, 0.6) is 86.2 Å². The van der Waals surface area contributed by atoms with Gasteiger partial charge in [0.1, 0.15) is 0 Å². The first kappa shape index (κ1) is 80.2. The molecule has 22 heteroatoms. The van der Waals surface area contributed by atoms with Gasteiger partial charge >= 0.3 is 64.8 Å². The molecule has 0 bridgehead atoms. The molecule has 0 unspecified atom stereocenters. The van der Waals surface area contributed by atoms with Gasteiger partial charge in [0.25, 0.3) is 0 Å². The molecule has 0 saturated heterocycles. The van der Waals surface area contributed by atoms with Crippen LogP contribution < -0.4 is 71.1 Å². The molecule has 5 aliphatic heterocycles. The Hall–Kier alpha value is -16.9. The summed E-state index contributed by atoms with van der Waals surface area (Å²) in [5.74, 6) is -17.7. The van der Waals surface area contributed by atoms with Crippen LogP contribution in [0, 0.1) is 5.92 Å². The van der Waals surface area contributed by atoms with Gasteiger partial charge in [-0.2, -0.15) is 0 Å². The average Bonchev–Trinajstić information content (AvgIpc) is 1.64. The van der Waals surface area contributed by atoms with Crippen molar-refractivity contribution in [2.45, 2.75) is 67.5 Å². The first-order valence-corrected chi connectivity index (χ1v) is 42.3. The fourth-order valence-electron chi connectivity index (χ4n) is 17.4. The highest BCUT2D eigenvalue weighted by molar-refractivity contribution is 5.99. The Bertz CT molecular complexity index is 6710. The average molecular weight is 1720 g/mol. The number of rotatable bonds is 22. The molecule has 21 rings (SSSR count). The summed E-state index contributed by atoms with van der Waals surface area (Å²) >= 11 is 0. The molecular formula is C108H74O22. The van der Waals surface area contributed by atoms with Crippen LogP contribution in [0.1, 0.15) is 146 Å². The van der Waals surface area contributed by atoms with E-state index in [1.807, 2.05) is 109 Å². The van der Waals surface area contributed by atoms with Crippen LogP contribution in [0.4, 0.5) is 0 Å². The molecule has 0 aromatic heterocycles. The molecule has 1 N–H and O–H groups in total. The molecule has 0 atom stereocenters. The third kappa shape index (κ3) is 14.5. The second-order valence-corrected chi connectivity index (χ2v) is 31.8. The highest BCUT2D eigenvalue weighted by atomic mass is 16.8. The molecule has 1 aliphatic carbocycles. The van der Waals surface area contributed by atoms with Crippen molar-refractivity contribution in [2.75, 3.05) is 0 Å². The Kier molecular flexibility index (Phi) is 20.3. The molecule has 1 saturated carbocycles. The van der Waals surface area contributed by atoms with Gasteiger partial charge in [0, 0.05) is 62.1 Å². The molecule has 1 fully saturated rings. The van der Waals surface area contributed by atoms with E-state index in [4.69, 9.17) is 71.1 Å². The number of carbonyl (C=O) groups is 6. The molecule has 0 radical (unpaired) electrons. The Morgan fingerprint density at radius 3 is 0.623 bits per heavy atom. The third-order valence-corrected chi connectivity index (χ3v) is 23.5. The van der Waals surface area contributed by atoms with Gasteiger partial charge in [-0.05, 0) is 79.4 Å². The Balaban J connectivity index is 0.676. The highest BCUT2D eigenvalue weighted by Crippen LogP contribution is 2.60. The van der Waals surface area contributed by atoms with Gasteiger partial charge in [-0.1, -0.05) is 323 Å². The second kappa shape index (κ2) is 32.9. The number of hydrogen-bond donors (Lipinski definition) is 1. The predicted octanol–water partition coefficient (Wildman–Crippen LogP) is 21.5. The van der Waals surface area contributed by atoms with Crippen LogP contribution >= 0.6 is 0 Å². The monoisotopic (exact) mass is 1720 g/mol. The standard InChI is InChI=1S/C108H74O22/c109-93(56-67-34-12-1-13-35-67)116-83-59-69(63-89-94(83)126-105(122-89,75-40-18-4-19-41-75)76-42-20-5-21-43-76)100(112)118-85-61-71(65-91-96(85)128-107(124-91,79-48-26-8-27-49-79)80-50-28-9-29-51-80)102(114)120-87-62-72(66-92-98(87)130-108(125-92,81-52-30-10-31-53-81)82-54-32-11-33-55-82)103(115)119-86-60-70(64-90-97(86)129-106(123-90,77-44-22-6-23-45-77)78-46-24-7-25-47-78)101(113)117-84-57-68(99(110)111)58-88-95(84)127-104(121-88,73-36-14-2-15-37-73)74-38-16-3-17-39-74/h2-11,14-33,36-55,57-67H,1,12-13,34-35,56H2,(H,110,111). The van der Waals surface area contributed by atoms with Gasteiger partial charge in [0.2, 0.25) is 28.7 Å². The zero-order valence-corrected chi connectivity index (χ0v) is 69.0. The number of carbonyl (C=O) groups excluding carboxylic acids is 5. The molecule has 0 amide bonds. The van der Waals surface area contributed by atoms with E-state index in [1.54, 1.807) is 194 Å². The van der Waals surface area contributed by atoms with Crippen molar-refractivity contribution in [3.8, 4) is 86.2 Å². The second-order valence-electron chi connectivity index (χ2n) is 31.8. The summed E-state index contributed by atoms with van der Waals surface area (Å²) in [7, 11) is 0. The lowest BCUT2D eigenvalue weighted by molar-refractivity contribution is -0.136. The zero-order valence-electron chi connectivity index (χ0n) is 69.0. The van der Waals surface area contributed by atoms with Gasteiger partial charge in [0.05, 0.1) is 27.8 Å². The molecule has 15 aromatic carbocycles. The van der Waals surface area contributed by atoms with Gasteiger partial charge in [-0.15, -0.1) is 0 Å². The van der Waals surface area contributed by atoms with Crippen LogP contribution in [0.2, 0.25) is 0 Å². The first-order chi connectivity index (χ1) is 63.6. The molecule has 6 aliphatic rings. The summed E-state index contributed by atoms with van der Waals surface area (Å²) in [4.78, 5) is 90.6. The lowest BCUT2D eigenvalue weighted by Gasteiger charge is -2.28. The molecule has 0 spiro atoms. The zero-order chi connectivity index (χ0) is 88.1. The molecule has 22 nitrogen and oxygen atoms in total. The van der Waals surface area contributed by atoms with Crippen molar-refractivity contribution in [3.63, 3.8) is 0 Å². The van der Waals surface area contributed by atoms with Crippen molar-refractivity contribution in [1.82, 2.24) is 0 Å². The third-order valence-electron chi connectivity index (χ3n) is 23.5. The summed E-state index contributed by atoms with van der Waals surface area (Å²) in [6.45, 7) is 0. The maximum atomic E-state index is 16.1. The Morgan fingerprint density at radius 2 is 0.423 bits per heavy atom. The van der Waals surface area contributed by atoms with Crippen molar-refractivity contribution >= 4 is 35.8 Å². The van der Waals surface area contributed by atoms with Crippen LogP contribution in [0.3, 0.4) is 0 Å². The maximum Gasteiger partial charge on any atom is 0.343 e. The quantitative estimate of drug-likeness (QED) is 0.0488. The molecule has 638 valence electrons. The fraction of sp³-hybridized carbons (Fsp3) is 0.111. The predicted molar refractivity (Wildman–Crippen MR) is 470 cm³/mol. The van der Waals surface area contributed by atoms with Crippen molar-refractivity contribution < 1.29 is 105 Å². The lowest BCUT2D eigenvalue weighted by atomic mass is 9.87. The van der Waals surface area contributed by atoms with E-state index < -0.39 is 76.3 Å². The SMILES string of the molecule is O=C(CC1CCCCC1)Oc1cc(C(=O)Oc2cc(C(=O)Oc3cc(C(=O)Oc4cc(C(=O)Oc5cc(C(=O)O)cc6c5OC(c5ccccc5)(c5ccccc5)O6)cc5c4OC(c4ccccc4)(c4ccccc4)O5)cc4c3OC(c3ccccc3)(c3ccccc3)O4)cc3c2OC(c2ccccc2)(c2ccccc2)O3)cc2c1OC(c1ccccc1)(c1ccccc1)O2. The lowest BCUT2D eigenvalue weighted by Crippen LogP contribution is -2.36. The van der Waals surface area contributed by atoms with Gasteiger partial charge in [-0.3, -0.25) is 4.79 Å². The van der Waals surface area contributed by atoms with Gasteiger partial charge in [-0.25, -0.2) is 24.0 Å². The van der Waals surface area contributed by atoms with E-state index in [-0.39, 0.29) is 115 Å². The van der Waals surface area contributed by atoms with E-state index in [0.717, 1.165) is 38.2 Å². The van der Waals surface area contributed by atoms with Crippen LogP contribution in [0.25, 0.3) is 0 Å². The van der Waals surface area contributed by atoms with E-state index in [9.17, 15) is 14.7 Å². The first-order valence-electron chi connectivity index (χ1n) is 42.3. The van der Waals surface area contributed by atoms with Crippen LogP contribution in [0.15, 0.2) is 364 Å². The van der Waals surface area contributed by atoms with Crippen molar-refractivity contribution in [2.24, 2.45) is 5.92 Å². The van der Waals surface area contributed by atoms with Gasteiger partial charge in [0.15, 0.2) is 57.5 Å². The minimum absolute atomic E-state index is 0.0331. The minimum Gasteiger partial charge on any atom is -0.478 e.